The van der Waals surface area contributed by atoms with Crippen molar-refractivity contribution in [3.63, 3.8) is 0 Å². The summed E-state index contributed by atoms with van der Waals surface area (Å²) in [5.41, 5.74) is 0.456. The van der Waals surface area contributed by atoms with Gasteiger partial charge in [-0.15, -0.1) is 10.2 Å². The van der Waals surface area contributed by atoms with E-state index in [4.69, 9.17) is 4.74 Å². The topological polar surface area (TPSA) is 93.2 Å². The van der Waals surface area contributed by atoms with Gasteiger partial charge in [0.15, 0.2) is 4.34 Å². The first-order chi connectivity index (χ1) is 12.2. The lowest BCUT2D eigenvalue weighted by Crippen LogP contribution is -2.31. The first kappa shape index (κ1) is 17.8. The summed E-state index contributed by atoms with van der Waals surface area (Å²) >= 11 is 2.64. The molecule has 0 radical (unpaired) electrons. The van der Waals surface area contributed by atoms with E-state index in [1.165, 1.54) is 23.1 Å². The van der Waals surface area contributed by atoms with Gasteiger partial charge in [0, 0.05) is 18.7 Å². The third-order valence-corrected chi connectivity index (χ3v) is 5.54. The quantitative estimate of drug-likeness (QED) is 0.713. The zero-order valence-corrected chi connectivity index (χ0v) is 15.1. The fraction of sp³-hybridized carbons (Fsp3) is 0.375. The van der Waals surface area contributed by atoms with Crippen LogP contribution in [-0.2, 0) is 9.53 Å². The average molecular weight is 378 g/mol. The number of amides is 2. The molecule has 0 spiro atoms. The van der Waals surface area contributed by atoms with Crippen molar-refractivity contribution in [2.45, 2.75) is 23.3 Å². The minimum absolute atomic E-state index is 0.110. The molecule has 9 heteroatoms. The summed E-state index contributed by atoms with van der Waals surface area (Å²) in [6.07, 6.45) is 2.39. The number of hydrogen-bond donors (Lipinski definition) is 2. The van der Waals surface area contributed by atoms with Gasteiger partial charge in [-0.05, 0) is 25.0 Å². The molecule has 2 heterocycles. The highest BCUT2D eigenvalue weighted by Crippen LogP contribution is 2.25. The summed E-state index contributed by atoms with van der Waals surface area (Å²) < 4.78 is 6.22. The van der Waals surface area contributed by atoms with Gasteiger partial charge >= 0.3 is 0 Å². The van der Waals surface area contributed by atoms with Crippen molar-refractivity contribution in [2.75, 3.05) is 24.2 Å². The minimum atomic E-state index is -0.401. The molecular weight excluding hydrogens is 360 g/mol. The van der Waals surface area contributed by atoms with Crippen LogP contribution < -0.4 is 10.6 Å². The Balaban J connectivity index is 1.40. The van der Waals surface area contributed by atoms with Crippen LogP contribution in [0.1, 0.15) is 23.2 Å². The van der Waals surface area contributed by atoms with Gasteiger partial charge in [-0.1, -0.05) is 41.3 Å². The number of rotatable bonds is 7. The number of anilines is 1. The molecule has 1 aromatic heterocycles. The Morgan fingerprint density at radius 3 is 2.88 bits per heavy atom. The Bertz CT molecular complexity index is 717. The van der Waals surface area contributed by atoms with Crippen LogP contribution in [0.3, 0.4) is 0 Å². The third kappa shape index (κ3) is 5.52. The van der Waals surface area contributed by atoms with E-state index in [0.717, 1.165) is 19.4 Å². The zero-order chi connectivity index (χ0) is 17.5. The van der Waals surface area contributed by atoms with Crippen molar-refractivity contribution < 1.29 is 14.3 Å². The Hall–Kier alpha value is -1.97. The number of ether oxygens (including phenoxy) is 1. The summed E-state index contributed by atoms with van der Waals surface area (Å²) in [6, 6.07) is 8.63. The number of imide groups is 1. The lowest BCUT2D eigenvalue weighted by atomic mass is 10.2. The van der Waals surface area contributed by atoms with E-state index in [2.05, 4.69) is 20.8 Å². The molecule has 0 bridgehead atoms. The average Bonchev–Trinajstić information content (AvgIpc) is 3.30. The maximum Gasteiger partial charge on any atom is 0.257 e. The molecule has 1 aliphatic rings. The van der Waals surface area contributed by atoms with Crippen LogP contribution in [0.2, 0.25) is 0 Å². The molecule has 0 saturated carbocycles. The highest BCUT2D eigenvalue weighted by atomic mass is 32.2. The second kappa shape index (κ2) is 8.93. The van der Waals surface area contributed by atoms with Crippen LogP contribution in [-0.4, -0.2) is 47.0 Å². The third-order valence-electron chi connectivity index (χ3n) is 3.53. The molecule has 1 aliphatic heterocycles. The largest absolute Gasteiger partial charge is 0.376 e. The Labute approximate surface area is 153 Å². The van der Waals surface area contributed by atoms with Crippen LogP contribution in [0.5, 0.6) is 0 Å². The first-order valence-corrected chi connectivity index (χ1v) is 9.72. The molecule has 7 nitrogen and oxygen atoms in total. The molecule has 1 fully saturated rings. The van der Waals surface area contributed by atoms with Crippen LogP contribution >= 0.6 is 23.1 Å². The molecule has 1 aromatic carbocycles. The lowest BCUT2D eigenvalue weighted by molar-refractivity contribution is -0.117. The Morgan fingerprint density at radius 1 is 1.28 bits per heavy atom. The van der Waals surface area contributed by atoms with E-state index >= 15 is 0 Å². The molecule has 0 unspecified atom stereocenters. The maximum absolute atomic E-state index is 11.9. The smallest absolute Gasteiger partial charge is 0.257 e. The van der Waals surface area contributed by atoms with Gasteiger partial charge in [0.2, 0.25) is 11.0 Å². The summed E-state index contributed by atoms with van der Waals surface area (Å²) in [5, 5.41) is 14.3. The van der Waals surface area contributed by atoms with Crippen molar-refractivity contribution in [1.82, 2.24) is 15.5 Å². The fourth-order valence-electron chi connectivity index (χ4n) is 2.30. The summed E-state index contributed by atoms with van der Waals surface area (Å²) in [7, 11) is 0. The molecule has 25 heavy (non-hydrogen) atoms. The van der Waals surface area contributed by atoms with E-state index < -0.39 is 5.91 Å². The highest BCUT2D eigenvalue weighted by molar-refractivity contribution is 8.01. The molecule has 2 amide bonds. The van der Waals surface area contributed by atoms with Crippen molar-refractivity contribution >= 4 is 40.0 Å². The van der Waals surface area contributed by atoms with Crippen LogP contribution in [0.4, 0.5) is 5.13 Å². The molecule has 2 N–H and O–H groups in total. The first-order valence-electron chi connectivity index (χ1n) is 7.92. The van der Waals surface area contributed by atoms with E-state index in [1.54, 1.807) is 24.3 Å². The van der Waals surface area contributed by atoms with Crippen LogP contribution in [0, 0.1) is 0 Å². The molecular formula is C16H18N4O3S2. The van der Waals surface area contributed by atoms with E-state index in [-0.39, 0.29) is 17.8 Å². The molecule has 0 aliphatic carbocycles. The number of aromatic nitrogens is 2. The van der Waals surface area contributed by atoms with Gasteiger partial charge in [-0.2, -0.15) is 0 Å². The number of carbonyl (C=O) groups is 2. The number of thioether (sulfide) groups is 1. The predicted molar refractivity (Wildman–Crippen MR) is 97.0 cm³/mol. The van der Waals surface area contributed by atoms with Gasteiger partial charge in [-0.3, -0.25) is 14.9 Å². The van der Waals surface area contributed by atoms with E-state index in [9.17, 15) is 9.59 Å². The second-order valence-corrected chi connectivity index (χ2v) is 7.62. The SMILES string of the molecule is O=C(CSc1nnc(NC[C@H]2CCCO2)s1)NC(=O)c1ccccc1. The zero-order valence-electron chi connectivity index (χ0n) is 13.4. The lowest BCUT2D eigenvalue weighted by Gasteiger charge is -2.08. The van der Waals surface area contributed by atoms with Crippen LogP contribution in [0.15, 0.2) is 34.7 Å². The van der Waals surface area contributed by atoms with Crippen molar-refractivity contribution in [1.29, 1.82) is 0 Å². The summed E-state index contributed by atoms with van der Waals surface area (Å²) in [5.74, 6) is -0.649. The monoisotopic (exact) mass is 378 g/mol. The van der Waals surface area contributed by atoms with Gasteiger partial charge in [0.25, 0.3) is 5.91 Å². The highest BCUT2D eigenvalue weighted by Gasteiger charge is 2.16. The molecule has 1 atom stereocenters. The minimum Gasteiger partial charge on any atom is -0.376 e. The molecule has 1 saturated heterocycles. The number of nitrogens with zero attached hydrogens (tertiary/aromatic N) is 2. The number of nitrogens with one attached hydrogen (secondary N) is 2. The standard InChI is InChI=1S/C16H18N4O3S2/c21-13(18-14(22)11-5-2-1-3-6-11)10-24-16-20-19-15(25-16)17-9-12-7-4-8-23-12/h1-3,5-6,12H,4,7-10H2,(H,17,19)(H,18,21,22)/t12-/m1/s1. The van der Waals surface area contributed by atoms with Crippen LogP contribution in [0.25, 0.3) is 0 Å². The summed E-state index contributed by atoms with van der Waals surface area (Å²) in [4.78, 5) is 23.8. The van der Waals surface area contributed by atoms with Gasteiger partial charge < -0.3 is 10.1 Å². The molecule has 132 valence electrons. The van der Waals surface area contributed by atoms with Crippen molar-refractivity contribution in [2.24, 2.45) is 0 Å². The van der Waals surface area contributed by atoms with Gasteiger partial charge in [0.05, 0.1) is 11.9 Å². The molecule has 2 aromatic rings. The van der Waals surface area contributed by atoms with Crippen molar-refractivity contribution in [3.8, 4) is 0 Å². The number of benzene rings is 1. The van der Waals surface area contributed by atoms with Crippen molar-refractivity contribution in [3.05, 3.63) is 35.9 Å². The predicted octanol–water partition coefficient (Wildman–Crippen LogP) is 2.18. The number of carbonyl (C=O) groups excluding carboxylic acids is 2. The van der Waals surface area contributed by atoms with E-state index in [0.29, 0.717) is 21.6 Å². The molecule has 3 rings (SSSR count). The maximum atomic E-state index is 11.9. The van der Waals surface area contributed by atoms with Gasteiger partial charge in [-0.25, -0.2) is 0 Å². The van der Waals surface area contributed by atoms with Gasteiger partial charge in [0.1, 0.15) is 0 Å². The Morgan fingerprint density at radius 2 is 2.12 bits per heavy atom. The summed E-state index contributed by atoms with van der Waals surface area (Å²) in [6.45, 7) is 1.53. The fourth-order valence-corrected chi connectivity index (χ4v) is 3.86. The normalized spacial score (nSPS) is 16.6. The Kier molecular flexibility index (Phi) is 6.37. The number of hydrogen-bond acceptors (Lipinski definition) is 8. The second-order valence-electron chi connectivity index (χ2n) is 5.42. The van der Waals surface area contributed by atoms with E-state index in [1.807, 2.05) is 6.07 Å².